The van der Waals surface area contributed by atoms with Crippen LogP contribution in [0.25, 0.3) is 0 Å². The van der Waals surface area contributed by atoms with Crippen molar-refractivity contribution >= 4 is 37.8 Å². The van der Waals surface area contributed by atoms with Crippen molar-refractivity contribution in [2.45, 2.75) is 11.8 Å². The smallest absolute Gasteiger partial charge is 0.324 e. The molecule has 0 aliphatic rings. The van der Waals surface area contributed by atoms with Gasteiger partial charge >= 0.3 is 5.97 Å². The molecule has 0 N–H and O–H groups in total. The predicted octanol–water partition coefficient (Wildman–Crippen LogP) is 3.28. The Morgan fingerprint density at radius 2 is 2.21 bits per heavy atom. The van der Waals surface area contributed by atoms with Crippen molar-refractivity contribution in [3.8, 4) is 5.75 Å². The number of alkyl halides is 1. The third kappa shape index (κ3) is 3.06. The summed E-state index contributed by atoms with van der Waals surface area (Å²) in [6, 6.07) is 3.86. The molecule has 0 aromatic heterocycles. The molecule has 0 bridgehead atoms. The maximum absolute atomic E-state index is 12.7. The van der Waals surface area contributed by atoms with E-state index < -0.39 is 5.97 Å². The second kappa shape index (κ2) is 4.89. The molecule has 0 heterocycles. The third-order valence-electron chi connectivity index (χ3n) is 1.43. The van der Waals surface area contributed by atoms with E-state index >= 15 is 0 Å². The van der Waals surface area contributed by atoms with Crippen LogP contribution in [0.4, 0.5) is 4.39 Å². The predicted molar refractivity (Wildman–Crippen MR) is 58.1 cm³/mol. The SMILES string of the molecule is CC(Br)C(=O)Oc1ccc(F)cc1Br. The molecule has 0 saturated carbocycles. The summed E-state index contributed by atoms with van der Waals surface area (Å²) < 4.78 is 18.0. The highest BCUT2D eigenvalue weighted by molar-refractivity contribution is 9.10. The topological polar surface area (TPSA) is 26.3 Å². The lowest BCUT2D eigenvalue weighted by Crippen LogP contribution is -2.17. The summed E-state index contributed by atoms with van der Waals surface area (Å²) in [4.78, 5) is 10.8. The Morgan fingerprint density at radius 1 is 1.57 bits per heavy atom. The molecule has 2 nitrogen and oxygen atoms in total. The molecular formula is C9H7Br2FO2. The van der Waals surface area contributed by atoms with E-state index in [1.54, 1.807) is 6.92 Å². The molecule has 0 spiro atoms. The summed E-state index contributed by atoms with van der Waals surface area (Å²) in [6.45, 7) is 1.65. The van der Waals surface area contributed by atoms with Crippen molar-refractivity contribution in [1.29, 1.82) is 0 Å². The van der Waals surface area contributed by atoms with Crippen LogP contribution >= 0.6 is 31.9 Å². The van der Waals surface area contributed by atoms with E-state index in [1.807, 2.05) is 0 Å². The largest absolute Gasteiger partial charge is 0.424 e. The third-order valence-corrected chi connectivity index (χ3v) is 2.42. The Morgan fingerprint density at radius 3 is 2.71 bits per heavy atom. The fourth-order valence-corrected chi connectivity index (χ4v) is 1.27. The van der Waals surface area contributed by atoms with Gasteiger partial charge in [-0.2, -0.15) is 0 Å². The summed E-state index contributed by atoms with van der Waals surface area (Å²) in [6.07, 6.45) is 0. The Bertz CT molecular complexity index is 353. The van der Waals surface area contributed by atoms with Gasteiger partial charge < -0.3 is 4.74 Å². The van der Waals surface area contributed by atoms with Gasteiger partial charge in [-0.15, -0.1) is 0 Å². The van der Waals surface area contributed by atoms with Crippen molar-refractivity contribution in [2.75, 3.05) is 0 Å². The van der Waals surface area contributed by atoms with E-state index in [0.717, 1.165) is 0 Å². The summed E-state index contributed by atoms with van der Waals surface area (Å²) in [7, 11) is 0. The van der Waals surface area contributed by atoms with Gasteiger partial charge in [-0.3, -0.25) is 4.79 Å². The highest BCUT2D eigenvalue weighted by Gasteiger charge is 2.13. The van der Waals surface area contributed by atoms with Crippen molar-refractivity contribution < 1.29 is 13.9 Å². The highest BCUT2D eigenvalue weighted by atomic mass is 79.9. The van der Waals surface area contributed by atoms with Gasteiger partial charge in [0.05, 0.1) is 4.47 Å². The Balaban J connectivity index is 2.82. The molecule has 0 aliphatic heterocycles. The summed E-state index contributed by atoms with van der Waals surface area (Å²) >= 11 is 6.16. The second-order valence-corrected chi connectivity index (χ2v) is 4.84. The average Bonchev–Trinajstić information content (AvgIpc) is 2.09. The average molecular weight is 326 g/mol. The molecule has 0 radical (unpaired) electrons. The zero-order valence-electron chi connectivity index (χ0n) is 7.26. The first kappa shape index (κ1) is 11.7. The molecule has 14 heavy (non-hydrogen) atoms. The van der Waals surface area contributed by atoms with E-state index in [4.69, 9.17) is 4.74 Å². The van der Waals surface area contributed by atoms with Crippen LogP contribution in [0.1, 0.15) is 6.92 Å². The summed E-state index contributed by atoms with van der Waals surface area (Å²) in [5, 5.41) is 0. The molecule has 0 fully saturated rings. The first-order valence-electron chi connectivity index (χ1n) is 3.81. The molecular weight excluding hydrogens is 319 g/mol. The van der Waals surface area contributed by atoms with E-state index in [1.165, 1.54) is 18.2 Å². The summed E-state index contributed by atoms with van der Waals surface area (Å²) in [5.74, 6) is -0.497. The molecule has 1 aromatic rings. The number of benzene rings is 1. The first-order chi connectivity index (χ1) is 6.50. The van der Waals surface area contributed by atoms with Gasteiger partial charge in [0.2, 0.25) is 0 Å². The van der Waals surface area contributed by atoms with Crippen LogP contribution in [0.5, 0.6) is 5.75 Å². The molecule has 1 rings (SSSR count). The van der Waals surface area contributed by atoms with Gasteiger partial charge in [-0.05, 0) is 41.1 Å². The van der Waals surface area contributed by atoms with Crippen molar-refractivity contribution in [1.82, 2.24) is 0 Å². The molecule has 0 amide bonds. The normalized spacial score (nSPS) is 12.3. The number of hydrogen-bond acceptors (Lipinski definition) is 2. The fourth-order valence-electron chi connectivity index (χ4n) is 0.748. The monoisotopic (exact) mass is 324 g/mol. The molecule has 76 valence electrons. The van der Waals surface area contributed by atoms with Crippen LogP contribution in [0.15, 0.2) is 22.7 Å². The minimum absolute atomic E-state index is 0.308. The van der Waals surface area contributed by atoms with Gasteiger partial charge in [0.15, 0.2) is 0 Å². The molecule has 1 aromatic carbocycles. The molecule has 5 heteroatoms. The van der Waals surface area contributed by atoms with E-state index in [9.17, 15) is 9.18 Å². The van der Waals surface area contributed by atoms with Crippen LogP contribution in [0.3, 0.4) is 0 Å². The lowest BCUT2D eigenvalue weighted by Gasteiger charge is -2.07. The molecule has 1 atom stereocenters. The van der Waals surface area contributed by atoms with Crippen LogP contribution < -0.4 is 4.74 Å². The van der Waals surface area contributed by atoms with Gasteiger partial charge in [0.25, 0.3) is 0 Å². The molecule has 1 unspecified atom stereocenters. The van der Waals surface area contributed by atoms with Crippen LogP contribution in [0, 0.1) is 5.82 Å². The summed E-state index contributed by atoms with van der Waals surface area (Å²) in [5.41, 5.74) is 0. The number of ether oxygens (including phenoxy) is 1. The Labute approximate surface area is 97.7 Å². The van der Waals surface area contributed by atoms with Crippen LogP contribution in [0.2, 0.25) is 0 Å². The van der Waals surface area contributed by atoms with Crippen LogP contribution in [-0.2, 0) is 4.79 Å². The maximum atomic E-state index is 12.7. The number of halogens is 3. The van der Waals surface area contributed by atoms with Crippen molar-refractivity contribution in [3.63, 3.8) is 0 Å². The maximum Gasteiger partial charge on any atom is 0.324 e. The standard InChI is InChI=1S/C9H7Br2FO2/c1-5(10)9(13)14-8-3-2-6(12)4-7(8)11/h2-5H,1H3. The number of esters is 1. The van der Waals surface area contributed by atoms with Crippen molar-refractivity contribution in [2.24, 2.45) is 0 Å². The van der Waals surface area contributed by atoms with E-state index in [2.05, 4.69) is 31.9 Å². The molecule has 0 saturated heterocycles. The quantitative estimate of drug-likeness (QED) is 0.474. The van der Waals surface area contributed by atoms with E-state index in [-0.39, 0.29) is 10.6 Å². The lowest BCUT2D eigenvalue weighted by molar-refractivity contribution is -0.133. The Kier molecular flexibility index (Phi) is 4.07. The van der Waals surface area contributed by atoms with Crippen LogP contribution in [-0.4, -0.2) is 10.8 Å². The minimum Gasteiger partial charge on any atom is -0.424 e. The minimum atomic E-state index is -0.419. The molecule has 0 aliphatic carbocycles. The zero-order valence-corrected chi connectivity index (χ0v) is 10.4. The van der Waals surface area contributed by atoms with Crippen molar-refractivity contribution in [3.05, 3.63) is 28.5 Å². The van der Waals surface area contributed by atoms with Gasteiger partial charge in [0.1, 0.15) is 16.4 Å². The highest BCUT2D eigenvalue weighted by Crippen LogP contribution is 2.26. The zero-order chi connectivity index (χ0) is 10.7. The number of carbonyl (C=O) groups excluding carboxylic acids is 1. The van der Waals surface area contributed by atoms with E-state index in [0.29, 0.717) is 10.2 Å². The number of hydrogen-bond donors (Lipinski definition) is 0. The number of rotatable bonds is 2. The first-order valence-corrected chi connectivity index (χ1v) is 5.52. The van der Waals surface area contributed by atoms with Gasteiger partial charge in [0, 0.05) is 0 Å². The lowest BCUT2D eigenvalue weighted by atomic mass is 10.3. The second-order valence-electron chi connectivity index (χ2n) is 2.61. The number of carbonyl (C=O) groups is 1. The Hall–Kier alpha value is -0.420. The van der Waals surface area contributed by atoms with Gasteiger partial charge in [-0.1, -0.05) is 15.9 Å². The van der Waals surface area contributed by atoms with Gasteiger partial charge in [-0.25, -0.2) is 4.39 Å². The fraction of sp³-hybridized carbons (Fsp3) is 0.222.